The lowest BCUT2D eigenvalue weighted by atomic mass is 10.1. The van der Waals surface area contributed by atoms with Gasteiger partial charge in [0.2, 0.25) is 0 Å². The molecule has 0 bridgehead atoms. The highest BCUT2D eigenvalue weighted by atomic mass is 19.4. The van der Waals surface area contributed by atoms with Crippen LogP contribution >= 0.6 is 0 Å². The molecule has 0 rings (SSSR count). The number of alkyl halides is 3. The summed E-state index contributed by atoms with van der Waals surface area (Å²) in [5.41, 5.74) is -0.562. The van der Waals surface area contributed by atoms with E-state index in [0.29, 0.717) is 13.0 Å². The maximum Gasteiger partial charge on any atom is 0.412 e. The zero-order chi connectivity index (χ0) is 11.4. The fraction of sp³-hybridized carbons (Fsp3) is 0.800. The van der Waals surface area contributed by atoms with Crippen molar-refractivity contribution in [3.8, 4) is 0 Å². The maximum absolute atomic E-state index is 12.0. The van der Waals surface area contributed by atoms with Crippen molar-refractivity contribution in [1.82, 2.24) is 5.32 Å². The molecule has 0 atom stereocenters. The Morgan fingerprint density at radius 1 is 1.21 bits per heavy atom. The van der Waals surface area contributed by atoms with Crippen LogP contribution < -0.4 is 5.32 Å². The van der Waals surface area contributed by atoms with Crippen LogP contribution in [0.25, 0.3) is 0 Å². The molecule has 0 radical (unpaired) electrons. The molecular formula is C10H18F3N. The van der Waals surface area contributed by atoms with Gasteiger partial charge in [0.1, 0.15) is 0 Å². The highest BCUT2D eigenvalue weighted by Gasteiger charge is 2.29. The second-order valence-corrected chi connectivity index (χ2v) is 4.35. The molecule has 0 saturated carbocycles. The van der Waals surface area contributed by atoms with E-state index < -0.39 is 11.7 Å². The Bertz CT molecular complexity index is 198. The van der Waals surface area contributed by atoms with Gasteiger partial charge < -0.3 is 5.32 Å². The minimum Gasteiger partial charge on any atom is -0.312 e. The van der Waals surface area contributed by atoms with E-state index in [2.05, 4.69) is 5.32 Å². The van der Waals surface area contributed by atoms with Crippen molar-refractivity contribution in [3.63, 3.8) is 0 Å². The molecule has 1 nitrogen and oxygen atoms in total. The van der Waals surface area contributed by atoms with Gasteiger partial charge in [-0.15, -0.1) is 0 Å². The van der Waals surface area contributed by atoms with Crippen LogP contribution in [0.4, 0.5) is 13.2 Å². The summed E-state index contributed by atoms with van der Waals surface area (Å²) in [6, 6.07) is 0. The zero-order valence-electron chi connectivity index (χ0n) is 9.13. The minimum absolute atomic E-state index is 0.0417. The normalized spacial score (nSPS) is 14.6. The van der Waals surface area contributed by atoms with Crippen LogP contribution in [0.5, 0.6) is 0 Å². The van der Waals surface area contributed by atoms with Crippen LogP contribution in [0.2, 0.25) is 0 Å². The van der Waals surface area contributed by atoms with Crippen LogP contribution in [0.1, 0.15) is 34.1 Å². The van der Waals surface area contributed by atoms with Crippen molar-refractivity contribution in [1.29, 1.82) is 0 Å². The molecule has 0 amide bonds. The number of halogens is 3. The first-order valence-electron chi connectivity index (χ1n) is 4.62. The average molecular weight is 209 g/mol. The van der Waals surface area contributed by atoms with E-state index in [4.69, 9.17) is 0 Å². The lowest BCUT2D eigenvalue weighted by Gasteiger charge is -2.19. The monoisotopic (exact) mass is 209 g/mol. The molecule has 0 heterocycles. The summed E-state index contributed by atoms with van der Waals surface area (Å²) in [7, 11) is 0. The Kier molecular flexibility index (Phi) is 4.65. The highest BCUT2D eigenvalue weighted by Crippen LogP contribution is 2.24. The number of hydrogen-bond acceptors (Lipinski definition) is 1. The molecule has 0 aromatic heterocycles. The molecule has 0 spiro atoms. The zero-order valence-corrected chi connectivity index (χ0v) is 9.13. The predicted octanol–water partition coefficient (Wildman–Crippen LogP) is 3.27. The summed E-state index contributed by atoms with van der Waals surface area (Å²) < 4.78 is 36.1. The molecule has 4 heteroatoms. The van der Waals surface area contributed by atoms with Crippen LogP contribution in [0, 0.1) is 0 Å². The Labute approximate surface area is 83.4 Å². The van der Waals surface area contributed by atoms with Gasteiger partial charge in [0.25, 0.3) is 0 Å². The predicted molar refractivity (Wildman–Crippen MR) is 52.2 cm³/mol. The average Bonchev–Trinajstić information content (AvgIpc) is 1.93. The van der Waals surface area contributed by atoms with Crippen molar-refractivity contribution in [3.05, 3.63) is 11.6 Å². The van der Waals surface area contributed by atoms with Gasteiger partial charge in [-0.25, -0.2) is 0 Å². The third kappa shape index (κ3) is 6.95. The first kappa shape index (κ1) is 13.5. The van der Waals surface area contributed by atoms with E-state index >= 15 is 0 Å². The third-order valence-electron chi connectivity index (χ3n) is 1.70. The fourth-order valence-electron chi connectivity index (χ4n) is 0.852. The van der Waals surface area contributed by atoms with Gasteiger partial charge in [0.15, 0.2) is 0 Å². The van der Waals surface area contributed by atoms with Gasteiger partial charge in [-0.3, -0.25) is 0 Å². The Morgan fingerprint density at radius 2 is 1.71 bits per heavy atom. The number of nitrogens with one attached hydrogen (secondary N) is 1. The topological polar surface area (TPSA) is 12.0 Å². The lowest BCUT2D eigenvalue weighted by molar-refractivity contribution is -0.0915. The molecule has 0 fully saturated rings. The third-order valence-corrected chi connectivity index (χ3v) is 1.70. The maximum atomic E-state index is 12.0. The molecule has 84 valence electrons. The summed E-state index contributed by atoms with van der Waals surface area (Å²) in [4.78, 5) is 0. The Morgan fingerprint density at radius 3 is 2.07 bits per heavy atom. The second-order valence-electron chi connectivity index (χ2n) is 4.35. The largest absolute Gasteiger partial charge is 0.412 e. The second kappa shape index (κ2) is 4.82. The van der Waals surface area contributed by atoms with Gasteiger partial charge in [-0.1, -0.05) is 6.08 Å². The summed E-state index contributed by atoms with van der Waals surface area (Å²) in [5.74, 6) is 0. The van der Waals surface area contributed by atoms with E-state index in [1.165, 1.54) is 6.08 Å². The Hall–Kier alpha value is -0.510. The van der Waals surface area contributed by atoms with E-state index in [-0.39, 0.29) is 5.54 Å². The summed E-state index contributed by atoms with van der Waals surface area (Å²) >= 11 is 0. The summed E-state index contributed by atoms with van der Waals surface area (Å²) in [5, 5.41) is 3.12. The molecule has 0 aromatic carbocycles. The minimum atomic E-state index is -4.18. The van der Waals surface area contributed by atoms with Gasteiger partial charge in [-0.2, -0.15) is 13.2 Å². The molecule has 0 unspecified atom stereocenters. The van der Waals surface area contributed by atoms with Crippen molar-refractivity contribution in [2.45, 2.75) is 45.8 Å². The standard InChI is InChI=1S/C10H18F3N/c1-8(10(11,12)13)6-5-7-14-9(2,3)4/h6,14H,5,7H2,1-4H3. The van der Waals surface area contributed by atoms with E-state index in [1.54, 1.807) is 0 Å². The van der Waals surface area contributed by atoms with Crippen molar-refractivity contribution >= 4 is 0 Å². The van der Waals surface area contributed by atoms with Crippen LogP contribution in [0.15, 0.2) is 11.6 Å². The molecule has 0 aliphatic heterocycles. The van der Waals surface area contributed by atoms with E-state index in [9.17, 15) is 13.2 Å². The summed E-state index contributed by atoms with van der Waals surface area (Å²) in [6.07, 6.45) is -2.55. The molecule has 1 N–H and O–H groups in total. The molecule has 0 saturated heterocycles. The van der Waals surface area contributed by atoms with Crippen LogP contribution in [-0.4, -0.2) is 18.3 Å². The number of rotatable bonds is 3. The smallest absolute Gasteiger partial charge is 0.312 e. The molecule has 0 aliphatic carbocycles. The number of hydrogen-bond donors (Lipinski definition) is 1. The highest BCUT2D eigenvalue weighted by molar-refractivity contribution is 5.05. The Balaban J connectivity index is 3.84. The van der Waals surface area contributed by atoms with Crippen molar-refractivity contribution < 1.29 is 13.2 Å². The fourth-order valence-corrected chi connectivity index (χ4v) is 0.852. The lowest BCUT2D eigenvalue weighted by Crippen LogP contribution is -2.36. The van der Waals surface area contributed by atoms with E-state index in [0.717, 1.165) is 6.92 Å². The van der Waals surface area contributed by atoms with Gasteiger partial charge in [0, 0.05) is 11.1 Å². The first-order valence-corrected chi connectivity index (χ1v) is 4.62. The quantitative estimate of drug-likeness (QED) is 0.555. The van der Waals surface area contributed by atoms with Gasteiger partial charge >= 0.3 is 6.18 Å². The van der Waals surface area contributed by atoms with E-state index in [1.807, 2.05) is 20.8 Å². The number of allylic oxidation sites excluding steroid dienone is 1. The van der Waals surface area contributed by atoms with Gasteiger partial charge in [-0.05, 0) is 40.7 Å². The summed E-state index contributed by atoms with van der Waals surface area (Å²) in [6.45, 7) is 7.60. The van der Waals surface area contributed by atoms with Crippen molar-refractivity contribution in [2.75, 3.05) is 6.54 Å². The van der Waals surface area contributed by atoms with Crippen LogP contribution in [-0.2, 0) is 0 Å². The molecule has 0 aromatic rings. The SMILES string of the molecule is CC(=CCCNC(C)(C)C)C(F)(F)F. The first-order chi connectivity index (χ1) is 6.13. The molecular weight excluding hydrogens is 191 g/mol. The van der Waals surface area contributed by atoms with Gasteiger partial charge in [0.05, 0.1) is 0 Å². The van der Waals surface area contributed by atoms with Crippen LogP contribution in [0.3, 0.4) is 0 Å². The molecule has 14 heavy (non-hydrogen) atoms. The van der Waals surface area contributed by atoms with Crippen molar-refractivity contribution in [2.24, 2.45) is 0 Å². The molecule has 0 aliphatic rings.